The minimum Gasteiger partial charge on any atom is -0.461 e. The summed E-state index contributed by atoms with van der Waals surface area (Å²) in [5.74, 6) is 1.13. The van der Waals surface area contributed by atoms with Gasteiger partial charge in [-0.2, -0.15) is 4.98 Å². The number of likely N-dealkylation sites (tertiary alicyclic amines) is 1. The van der Waals surface area contributed by atoms with E-state index >= 15 is 0 Å². The summed E-state index contributed by atoms with van der Waals surface area (Å²) in [6.07, 6.45) is 3.52. The highest BCUT2D eigenvalue weighted by Crippen LogP contribution is 2.23. The second-order valence-corrected chi connectivity index (χ2v) is 7.44. The van der Waals surface area contributed by atoms with E-state index in [4.69, 9.17) is 4.42 Å². The molecule has 28 heavy (non-hydrogen) atoms. The van der Waals surface area contributed by atoms with E-state index in [1.54, 1.807) is 21.9 Å². The van der Waals surface area contributed by atoms with Crippen LogP contribution in [0.1, 0.15) is 29.0 Å². The topological polar surface area (TPSA) is 67.4 Å². The van der Waals surface area contributed by atoms with Crippen LogP contribution in [0.25, 0.3) is 17.3 Å². The third-order valence-corrected chi connectivity index (χ3v) is 5.34. The van der Waals surface area contributed by atoms with Crippen molar-refractivity contribution in [2.24, 2.45) is 0 Å². The second kappa shape index (κ2) is 7.59. The summed E-state index contributed by atoms with van der Waals surface area (Å²) in [5.41, 5.74) is 1.95. The summed E-state index contributed by atoms with van der Waals surface area (Å²) in [6.45, 7) is 4.00. The van der Waals surface area contributed by atoms with Crippen molar-refractivity contribution in [1.82, 2.24) is 24.6 Å². The maximum absolute atomic E-state index is 13.1. The third kappa shape index (κ3) is 3.57. The monoisotopic (exact) mass is 379 g/mol. The fourth-order valence-corrected chi connectivity index (χ4v) is 3.61. The molecule has 0 spiro atoms. The molecule has 1 fully saturated rings. The van der Waals surface area contributed by atoms with Crippen LogP contribution in [0.3, 0.4) is 0 Å². The number of piperidine rings is 1. The molecule has 146 valence electrons. The predicted octanol–water partition coefficient (Wildman–Crippen LogP) is 3.00. The Kier molecular flexibility index (Phi) is 5.00. The molecule has 0 unspecified atom stereocenters. The quantitative estimate of drug-likeness (QED) is 0.697. The van der Waals surface area contributed by atoms with Gasteiger partial charge in [0.15, 0.2) is 11.6 Å². The molecule has 4 rings (SSSR count). The van der Waals surface area contributed by atoms with Gasteiger partial charge in [-0.25, -0.2) is 4.68 Å². The predicted molar refractivity (Wildman–Crippen MR) is 106 cm³/mol. The van der Waals surface area contributed by atoms with Crippen LogP contribution in [-0.4, -0.2) is 63.7 Å². The molecule has 0 N–H and O–H groups in total. The van der Waals surface area contributed by atoms with Crippen molar-refractivity contribution in [3.63, 3.8) is 0 Å². The molecule has 0 radical (unpaired) electrons. The number of hydrogen-bond donors (Lipinski definition) is 0. The van der Waals surface area contributed by atoms with Crippen LogP contribution in [-0.2, 0) is 0 Å². The van der Waals surface area contributed by atoms with Gasteiger partial charge < -0.3 is 14.2 Å². The standard InChI is InChI=1S/C21H25N5O2/c1-15-6-4-7-17(14-15)26-20(18-8-5-13-28-18)22-19(23-26)21(27)25(3)16-9-11-24(2)12-10-16/h4-8,13-14,16H,9-12H2,1-3H3. The molecule has 1 aliphatic rings. The van der Waals surface area contributed by atoms with Crippen molar-refractivity contribution in [2.75, 3.05) is 27.2 Å². The average Bonchev–Trinajstić information content (AvgIpc) is 3.37. The lowest BCUT2D eigenvalue weighted by Gasteiger charge is -2.34. The molecule has 0 saturated carbocycles. The van der Waals surface area contributed by atoms with Gasteiger partial charge in [0.25, 0.3) is 5.91 Å². The molecule has 2 aromatic heterocycles. The summed E-state index contributed by atoms with van der Waals surface area (Å²) in [7, 11) is 3.96. The normalized spacial score (nSPS) is 15.7. The van der Waals surface area contributed by atoms with Gasteiger partial charge in [0, 0.05) is 13.1 Å². The summed E-state index contributed by atoms with van der Waals surface area (Å²) in [6, 6.07) is 11.8. The van der Waals surface area contributed by atoms with E-state index in [0.717, 1.165) is 37.2 Å². The molecule has 3 aromatic rings. The van der Waals surface area contributed by atoms with Gasteiger partial charge in [-0.15, -0.1) is 5.10 Å². The Morgan fingerprint density at radius 1 is 1.21 bits per heavy atom. The van der Waals surface area contributed by atoms with Gasteiger partial charge in [0.2, 0.25) is 5.82 Å². The highest BCUT2D eigenvalue weighted by molar-refractivity contribution is 5.91. The number of benzene rings is 1. The number of carbonyl (C=O) groups is 1. The van der Waals surface area contributed by atoms with Crippen molar-refractivity contribution in [3.8, 4) is 17.3 Å². The summed E-state index contributed by atoms with van der Waals surface area (Å²) >= 11 is 0. The van der Waals surface area contributed by atoms with E-state index in [-0.39, 0.29) is 17.8 Å². The van der Waals surface area contributed by atoms with Crippen molar-refractivity contribution in [1.29, 1.82) is 0 Å². The Bertz CT molecular complexity index is 955. The SMILES string of the molecule is Cc1cccc(-n2nc(C(=O)N(C)C3CCN(C)CC3)nc2-c2ccco2)c1. The molecular formula is C21H25N5O2. The molecule has 0 aliphatic carbocycles. The first-order chi connectivity index (χ1) is 13.5. The number of aryl methyl sites for hydroxylation is 1. The largest absolute Gasteiger partial charge is 0.461 e. The lowest BCUT2D eigenvalue weighted by atomic mass is 10.0. The molecule has 1 saturated heterocycles. The molecule has 1 amide bonds. The Hall–Kier alpha value is -2.93. The van der Waals surface area contributed by atoms with E-state index in [2.05, 4.69) is 22.0 Å². The average molecular weight is 379 g/mol. The zero-order chi connectivity index (χ0) is 19.7. The first kappa shape index (κ1) is 18.4. The minimum absolute atomic E-state index is 0.159. The van der Waals surface area contributed by atoms with Gasteiger partial charge in [-0.3, -0.25) is 4.79 Å². The van der Waals surface area contributed by atoms with Crippen LogP contribution in [0.15, 0.2) is 47.1 Å². The van der Waals surface area contributed by atoms with Crippen LogP contribution < -0.4 is 0 Å². The molecule has 1 aliphatic heterocycles. The van der Waals surface area contributed by atoms with Gasteiger partial charge in [0.05, 0.1) is 12.0 Å². The first-order valence-corrected chi connectivity index (χ1v) is 9.56. The lowest BCUT2D eigenvalue weighted by molar-refractivity contribution is 0.0647. The van der Waals surface area contributed by atoms with Gasteiger partial charge in [-0.05, 0) is 69.7 Å². The molecular weight excluding hydrogens is 354 g/mol. The zero-order valence-electron chi connectivity index (χ0n) is 16.5. The third-order valence-electron chi connectivity index (χ3n) is 5.34. The van der Waals surface area contributed by atoms with Crippen molar-refractivity contribution in [2.45, 2.75) is 25.8 Å². The number of rotatable bonds is 4. The minimum atomic E-state index is -0.159. The molecule has 0 atom stereocenters. The molecule has 0 bridgehead atoms. The number of furan rings is 1. The van der Waals surface area contributed by atoms with Crippen LogP contribution in [0, 0.1) is 6.92 Å². The highest BCUT2D eigenvalue weighted by atomic mass is 16.3. The van der Waals surface area contributed by atoms with Gasteiger partial charge in [-0.1, -0.05) is 12.1 Å². The van der Waals surface area contributed by atoms with Crippen LogP contribution >= 0.6 is 0 Å². The zero-order valence-corrected chi connectivity index (χ0v) is 16.5. The molecule has 1 aromatic carbocycles. The fraction of sp³-hybridized carbons (Fsp3) is 0.381. The highest BCUT2D eigenvalue weighted by Gasteiger charge is 2.28. The maximum Gasteiger partial charge on any atom is 0.293 e. The smallest absolute Gasteiger partial charge is 0.293 e. The number of carbonyl (C=O) groups excluding carboxylic acids is 1. The van der Waals surface area contributed by atoms with E-state index in [0.29, 0.717) is 11.6 Å². The molecule has 3 heterocycles. The van der Waals surface area contributed by atoms with Crippen molar-refractivity contribution < 1.29 is 9.21 Å². The van der Waals surface area contributed by atoms with E-state index in [1.807, 2.05) is 44.3 Å². The second-order valence-electron chi connectivity index (χ2n) is 7.44. The van der Waals surface area contributed by atoms with E-state index in [1.165, 1.54) is 0 Å². The Morgan fingerprint density at radius 3 is 2.68 bits per heavy atom. The van der Waals surface area contributed by atoms with Crippen molar-refractivity contribution in [3.05, 3.63) is 54.0 Å². The van der Waals surface area contributed by atoms with Gasteiger partial charge in [0.1, 0.15) is 0 Å². The van der Waals surface area contributed by atoms with Crippen LogP contribution in [0.5, 0.6) is 0 Å². The Labute approximate surface area is 164 Å². The summed E-state index contributed by atoms with van der Waals surface area (Å²) in [5, 5.41) is 4.55. The number of nitrogens with zero attached hydrogens (tertiary/aromatic N) is 5. The number of aromatic nitrogens is 3. The lowest BCUT2D eigenvalue weighted by Crippen LogP contribution is -2.44. The molecule has 7 nitrogen and oxygen atoms in total. The number of amides is 1. The molecule has 7 heteroatoms. The van der Waals surface area contributed by atoms with E-state index in [9.17, 15) is 4.79 Å². The Morgan fingerprint density at radius 2 is 2.00 bits per heavy atom. The van der Waals surface area contributed by atoms with Crippen molar-refractivity contribution >= 4 is 5.91 Å². The van der Waals surface area contributed by atoms with Crippen LogP contribution in [0.4, 0.5) is 0 Å². The first-order valence-electron chi connectivity index (χ1n) is 9.56. The fourth-order valence-electron chi connectivity index (χ4n) is 3.61. The maximum atomic E-state index is 13.1. The summed E-state index contributed by atoms with van der Waals surface area (Å²) in [4.78, 5) is 21.7. The summed E-state index contributed by atoms with van der Waals surface area (Å²) < 4.78 is 7.22. The Balaban J connectivity index is 1.68. The number of hydrogen-bond acceptors (Lipinski definition) is 5. The van der Waals surface area contributed by atoms with Gasteiger partial charge >= 0.3 is 0 Å². The van der Waals surface area contributed by atoms with E-state index < -0.39 is 0 Å². The van der Waals surface area contributed by atoms with Crippen LogP contribution in [0.2, 0.25) is 0 Å².